The molecule has 2 nitrogen and oxygen atoms in total. The molecule has 218 valence electrons. The molecule has 1 aromatic heterocycles. The number of hydrogen-bond acceptors (Lipinski definition) is 1. The molecular weight excluding hydrogens is 544 g/mol. The lowest BCUT2D eigenvalue weighted by atomic mass is 9.77. The van der Waals surface area contributed by atoms with Crippen molar-refractivity contribution >= 4 is 43.7 Å². The van der Waals surface area contributed by atoms with Crippen molar-refractivity contribution in [1.82, 2.24) is 9.55 Å². The summed E-state index contributed by atoms with van der Waals surface area (Å²) in [7, 11) is 0. The van der Waals surface area contributed by atoms with Crippen molar-refractivity contribution < 1.29 is 0 Å². The number of benzene rings is 5. The third-order valence-electron chi connectivity index (χ3n) is 9.69. The summed E-state index contributed by atoms with van der Waals surface area (Å²) in [5, 5.41) is 5.22. The van der Waals surface area contributed by atoms with Gasteiger partial charge in [0.1, 0.15) is 5.82 Å². The highest BCUT2D eigenvalue weighted by Crippen LogP contribution is 2.55. The zero-order valence-corrected chi connectivity index (χ0v) is 26.1. The first kappa shape index (κ1) is 27.3. The van der Waals surface area contributed by atoms with Crippen LogP contribution >= 0.6 is 0 Å². The molecular formula is C43H36N2. The molecule has 2 heteroatoms. The van der Waals surface area contributed by atoms with Gasteiger partial charge in [-0.1, -0.05) is 131 Å². The fraction of sp³-hybridized carbons (Fsp3) is 0.140. The molecule has 0 radical (unpaired) electrons. The van der Waals surface area contributed by atoms with Crippen molar-refractivity contribution in [3.8, 4) is 5.69 Å². The number of allylic oxidation sites excluding steroid dienone is 9. The van der Waals surface area contributed by atoms with E-state index in [0.29, 0.717) is 0 Å². The SMILES string of the molecule is C=C1/C=C\C=C/C/C(c2cccc(-n3c(CC)nc4ccccc43)c2)=C\C2=C1c1c(c3ccccc3c3ccccc13)C2(C)C. The van der Waals surface area contributed by atoms with Crippen molar-refractivity contribution in [3.63, 3.8) is 0 Å². The highest BCUT2D eigenvalue weighted by Gasteiger charge is 2.40. The third-order valence-corrected chi connectivity index (χ3v) is 9.69. The van der Waals surface area contributed by atoms with Gasteiger partial charge in [0, 0.05) is 17.5 Å². The molecule has 2 aliphatic carbocycles. The fourth-order valence-electron chi connectivity index (χ4n) is 7.63. The summed E-state index contributed by atoms with van der Waals surface area (Å²) in [6, 6.07) is 35.2. The summed E-state index contributed by atoms with van der Waals surface area (Å²) in [5.41, 5.74) is 12.0. The number of hydrogen-bond donors (Lipinski definition) is 0. The highest BCUT2D eigenvalue weighted by molar-refractivity contribution is 6.18. The largest absolute Gasteiger partial charge is 0.296 e. The molecule has 0 bridgehead atoms. The predicted molar refractivity (Wildman–Crippen MR) is 192 cm³/mol. The van der Waals surface area contributed by atoms with Gasteiger partial charge in [0.05, 0.1) is 11.0 Å². The average molecular weight is 581 g/mol. The summed E-state index contributed by atoms with van der Waals surface area (Å²) in [6.07, 6.45) is 12.9. The van der Waals surface area contributed by atoms with Gasteiger partial charge in [-0.3, -0.25) is 4.57 Å². The summed E-state index contributed by atoms with van der Waals surface area (Å²) >= 11 is 0. The fourth-order valence-corrected chi connectivity index (χ4v) is 7.63. The van der Waals surface area contributed by atoms with Crippen molar-refractivity contribution in [2.75, 3.05) is 0 Å². The summed E-state index contributed by atoms with van der Waals surface area (Å²) < 4.78 is 2.32. The van der Waals surface area contributed by atoms with Gasteiger partial charge in [0.15, 0.2) is 0 Å². The van der Waals surface area contributed by atoms with Crippen LogP contribution in [0.15, 0.2) is 145 Å². The smallest absolute Gasteiger partial charge is 0.114 e. The highest BCUT2D eigenvalue weighted by atomic mass is 15.1. The first-order chi connectivity index (χ1) is 22.0. The first-order valence-electron chi connectivity index (χ1n) is 16.0. The Morgan fingerprint density at radius 3 is 2.31 bits per heavy atom. The van der Waals surface area contributed by atoms with Crippen LogP contribution in [0.25, 0.3) is 49.4 Å². The van der Waals surface area contributed by atoms with Gasteiger partial charge in [-0.05, 0) is 91.2 Å². The van der Waals surface area contributed by atoms with Crippen LogP contribution in [0.2, 0.25) is 0 Å². The minimum Gasteiger partial charge on any atom is -0.296 e. The maximum absolute atomic E-state index is 4.96. The molecule has 5 aromatic carbocycles. The average Bonchev–Trinajstić information content (AvgIpc) is 3.56. The number of para-hydroxylation sites is 2. The van der Waals surface area contributed by atoms with Crippen molar-refractivity contribution in [2.24, 2.45) is 0 Å². The standard InChI is InChI=1S/C43H36N2/c1-5-39-44-37-24-13-14-25-38(37)45(39)31-19-15-18-29(26-31)30-17-8-6-7-16-28(2)40-36(27-30)43(3,4)42-35-23-12-10-21-33(35)32-20-9-11-22-34(32)41(40)42/h6-16,18-27H,2,5,17H2,1,3-4H3/b8-6-,16-7-,30-27+. The number of rotatable bonds is 3. The zero-order chi connectivity index (χ0) is 30.7. The maximum atomic E-state index is 4.96. The Morgan fingerprint density at radius 1 is 0.800 bits per heavy atom. The molecule has 0 atom stereocenters. The van der Waals surface area contributed by atoms with Gasteiger partial charge in [0.25, 0.3) is 0 Å². The molecule has 0 unspecified atom stereocenters. The number of imidazole rings is 1. The second kappa shape index (κ2) is 10.5. The van der Waals surface area contributed by atoms with E-state index in [1.165, 1.54) is 55.0 Å². The van der Waals surface area contributed by atoms with E-state index in [-0.39, 0.29) is 5.41 Å². The van der Waals surface area contributed by atoms with Gasteiger partial charge in [0.2, 0.25) is 0 Å². The van der Waals surface area contributed by atoms with E-state index >= 15 is 0 Å². The normalized spacial score (nSPS) is 18.6. The number of aromatic nitrogens is 2. The Balaban J connectivity index is 1.39. The third kappa shape index (κ3) is 4.20. The zero-order valence-electron chi connectivity index (χ0n) is 26.1. The molecule has 0 N–H and O–H groups in total. The minimum absolute atomic E-state index is 0.229. The van der Waals surface area contributed by atoms with Crippen LogP contribution in [0.4, 0.5) is 0 Å². The van der Waals surface area contributed by atoms with Gasteiger partial charge in [-0.15, -0.1) is 0 Å². The Hall–Kier alpha value is -5.21. The number of nitrogens with zero attached hydrogens (tertiary/aromatic N) is 2. The van der Waals surface area contributed by atoms with E-state index in [9.17, 15) is 0 Å². The van der Waals surface area contributed by atoms with E-state index in [0.717, 1.165) is 41.0 Å². The molecule has 6 aromatic rings. The van der Waals surface area contributed by atoms with Crippen LogP contribution in [0, 0.1) is 0 Å². The molecule has 1 heterocycles. The summed E-state index contributed by atoms with van der Waals surface area (Å²) in [4.78, 5) is 4.96. The van der Waals surface area contributed by atoms with Crippen LogP contribution < -0.4 is 0 Å². The summed E-state index contributed by atoms with van der Waals surface area (Å²) in [6.45, 7) is 11.6. The molecule has 2 aliphatic rings. The van der Waals surface area contributed by atoms with E-state index in [2.05, 4.69) is 159 Å². The van der Waals surface area contributed by atoms with Crippen LogP contribution in [-0.4, -0.2) is 9.55 Å². The van der Waals surface area contributed by atoms with Gasteiger partial charge >= 0.3 is 0 Å². The minimum atomic E-state index is -0.229. The van der Waals surface area contributed by atoms with E-state index in [1.807, 2.05) is 0 Å². The lowest BCUT2D eigenvalue weighted by Gasteiger charge is -2.26. The molecule has 45 heavy (non-hydrogen) atoms. The maximum Gasteiger partial charge on any atom is 0.114 e. The monoisotopic (exact) mass is 580 g/mol. The molecule has 0 spiro atoms. The van der Waals surface area contributed by atoms with E-state index in [4.69, 9.17) is 4.98 Å². The Morgan fingerprint density at radius 2 is 1.51 bits per heavy atom. The van der Waals surface area contributed by atoms with Crippen molar-refractivity contribution in [1.29, 1.82) is 0 Å². The van der Waals surface area contributed by atoms with Gasteiger partial charge in [-0.25, -0.2) is 4.98 Å². The van der Waals surface area contributed by atoms with Crippen LogP contribution in [-0.2, 0) is 11.8 Å². The van der Waals surface area contributed by atoms with Crippen LogP contribution in [0.1, 0.15) is 49.7 Å². The lowest BCUT2D eigenvalue weighted by Crippen LogP contribution is -2.17. The molecule has 0 saturated heterocycles. The molecule has 0 fully saturated rings. The molecule has 0 amide bonds. The predicted octanol–water partition coefficient (Wildman–Crippen LogP) is 11.1. The van der Waals surface area contributed by atoms with E-state index in [1.54, 1.807) is 0 Å². The van der Waals surface area contributed by atoms with Crippen molar-refractivity contribution in [2.45, 2.75) is 39.0 Å². The Kier molecular flexibility index (Phi) is 6.35. The number of aryl methyl sites for hydroxylation is 1. The van der Waals surface area contributed by atoms with Crippen molar-refractivity contribution in [3.05, 3.63) is 168 Å². The molecule has 0 aliphatic heterocycles. The second-order valence-electron chi connectivity index (χ2n) is 12.7. The quantitative estimate of drug-likeness (QED) is 0.190. The Labute approximate surface area is 265 Å². The van der Waals surface area contributed by atoms with Crippen LogP contribution in [0.3, 0.4) is 0 Å². The van der Waals surface area contributed by atoms with Gasteiger partial charge in [-0.2, -0.15) is 0 Å². The lowest BCUT2D eigenvalue weighted by molar-refractivity contribution is 0.661. The molecule has 8 rings (SSSR count). The topological polar surface area (TPSA) is 17.8 Å². The summed E-state index contributed by atoms with van der Waals surface area (Å²) in [5.74, 6) is 1.07. The first-order valence-corrected chi connectivity index (χ1v) is 16.0. The second-order valence-corrected chi connectivity index (χ2v) is 12.7. The molecule has 0 saturated carbocycles. The van der Waals surface area contributed by atoms with Crippen LogP contribution in [0.5, 0.6) is 0 Å². The van der Waals surface area contributed by atoms with Gasteiger partial charge < -0.3 is 0 Å². The number of fused-ring (bicyclic) bond motifs is 8. The van der Waals surface area contributed by atoms with E-state index < -0.39 is 0 Å². The Bertz CT molecular complexity index is 2320.